The van der Waals surface area contributed by atoms with Crippen LogP contribution in [0.5, 0.6) is 0 Å². The lowest BCUT2D eigenvalue weighted by Crippen LogP contribution is -1.85. The molecule has 0 heterocycles. The molecule has 0 aromatic heterocycles. The van der Waals surface area contributed by atoms with Gasteiger partial charge in [-0.25, -0.2) is 0 Å². The first-order valence-corrected chi connectivity index (χ1v) is 5.86. The maximum absolute atomic E-state index is 4.13. The lowest BCUT2D eigenvalue weighted by molar-refractivity contribution is 0.868. The Morgan fingerprint density at radius 1 is 1.25 bits per heavy atom. The van der Waals surface area contributed by atoms with Crippen LogP contribution in [0, 0.1) is 6.92 Å². The van der Waals surface area contributed by atoms with E-state index in [4.69, 9.17) is 0 Å². The second-order valence-electron chi connectivity index (χ2n) is 4.96. The highest BCUT2D eigenvalue weighted by Crippen LogP contribution is 2.36. The van der Waals surface area contributed by atoms with E-state index < -0.39 is 0 Å². The smallest absolute Gasteiger partial charge is 0.0777 e. The minimum Gasteiger partial charge on any atom is -0.0777 e. The van der Waals surface area contributed by atoms with Crippen LogP contribution in [0.15, 0.2) is 30.9 Å². The van der Waals surface area contributed by atoms with Crippen LogP contribution in [0.2, 0.25) is 0 Å². The number of aryl methyl sites for hydroxylation is 1. The molecule has 0 amide bonds. The van der Waals surface area contributed by atoms with Crippen molar-refractivity contribution in [1.82, 2.24) is 0 Å². The third kappa shape index (κ3) is 1.69. The highest BCUT2D eigenvalue weighted by Gasteiger charge is 2.22. The Morgan fingerprint density at radius 2 is 1.94 bits per heavy atom. The summed E-state index contributed by atoms with van der Waals surface area (Å²) >= 11 is 0. The van der Waals surface area contributed by atoms with Crippen LogP contribution in [0.25, 0.3) is 11.1 Å². The van der Waals surface area contributed by atoms with E-state index >= 15 is 0 Å². The normalized spacial score (nSPS) is 14.1. The third-order valence-corrected chi connectivity index (χ3v) is 3.30. The molecule has 1 aromatic rings. The van der Waals surface area contributed by atoms with Crippen LogP contribution >= 0.6 is 0 Å². The van der Waals surface area contributed by atoms with E-state index in [1.54, 1.807) is 0 Å². The third-order valence-electron chi connectivity index (χ3n) is 3.30. The first kappa shape index (κ1) is 11.1. The average molecular weight is 211 g/mol. The zero-order chi connectivity index (χ0) is 11.9. The molecule has 0 fully saturated rings. The molecule has 2 rings (SSSR count). The van der Waals surface area contributed by atoms with Crippen molar-refractivity contribution in [3.8, 4) is 0 Å². The van der Waals surface area contributed by atoms with Gasteiger partial charge < -0.3 is 0 Å². The Bertz CT molecular complexity index is 494. The lowest BCUT2D eigenvalue weighted by Gasteiger charge is -1.97. The van der Waals surface area contributed by atoms with Crippen molar-refractivity contribution >= 4 is 11.1 Å². The number of rotatable bonds is 1. The Kier molecular flexibility index (Phi) is 2.67. The number of hydrogen-bond acceptors (Lipinski definition) is 0. The predicted octanol–water partition coefficient (Wildman–Crippen LogP) is 4.83. The SMILES string of the molecule is C=C1C=C(C)c2cc(C(C)C)c[cH+]c(C)c21. The van der Waals surface area contributed by atoms with Gasteiger partial charge in [-0.1, -0.05) is 6.58 Å². The van der Waals surface area contributed by atoms with Gasteiger partial charge in [0.1, 0.15) is 0 Å². The highest BCUT2D eigenvalue weighted by molar-refractivity contribution is 5.95. The second kappa shape index (κ2) is 3.86. The minimum absolute atomic E-state index is 0.567. The first-order valence-electron chi connectivity index (χ1n) is 5.86. The van der Waals surface area contributed by atoms with Crippen LogP contribution in [0.1, 0.15) is 48.9 Å². The fraction of sp³-hybridized carbons (Fsp3) is 0.312. The van der Waals surface area contributed by atoms with Crippen LogP contribution in [0.4, 0.5) is 0 Å². The van der Waals surface area contributed by atoms with Crippen molar-refractivity contribution in [3.05, 3.63) is 53.1 Å². The molecule has 82 valence electrons. The molecule has 0 N–H and O–H groups in total. The molecule has 0 heteroatoms. The molecular formula is C16H19+. The fourth-order valence-corrected chi connectivity index (χ4v) is 2.31. The zero-order valence-corrected chi connectivity index (χ0v) is 10.6. The van der Waals surface area contributed by atoms with Gasteiger partial charge in [-0.2, -0.15) is 0 Å². The van der Waals surface area contributed by atoms with Gasteiger partial charge in [-0.15, -0.1) is 0 Å². The van der Waals surface area contributed by atoms with E-state index in [0.29, 0.717) is 5.92 Å². The molecule has 0 nitrogen and oxygen atoms in total. The Morgan fingerprint density at radius 3 is 2.56 bits per heavy atom. The molecule has 0 saturated heterocycles. The standard InChI is InChI=1S/C16H19/c1-10(2)14-7-6-11(3)16-13(5)8-12(4)15(16)9-14/h6-10H,5H2,1-4H3/q+1. The predicted molar refractivity (Wildman–Crippen MR) is 72.4 cm³/mol. The molecule has 16 heavy (non-hydrogen) atoms. The van der Waals surface area contributed by atoms with Crippen molar-refractivity contribution in [2.75, 3.05) is 0 Å². The van der Waals surface area contributed by atoms with Gasteiger partial charge in [0.05, 0.1) is 22.8 Å². The van der Waals surface area contributed by atoms with E-state index in [9.17, 15) is 0 Å². The van der Waals surface area contributed by atoms with E-state index in [1.807, 2.05) is 0 Å². The summed E-state index contributed by atoms with van der Waals surface area (Å²) in [4.78, 5) is 0. The Balaban J connectivity index is 2.75. The molecule has 0 atom stereocenters. The van der Waals surface area contributed by atoms with Crippen molar-refractivity contribution in [2.45, 2.75) is 33.6 Å². The van der Waals surface area contributed by atoms with Gasteiger partial charge in [0.25, 0.3) is 0 Å². The summed E-state index contributed by atoms with van der Waals surface area (Å²) in [6.07, 6.45) is 2.18. The summed E-state index contributed by atoms with van der Waals surface area (Å²) < 4.78 is 0. The molecular weight excluding hydrogens is 192 g/mol. The monoisotopic (exact) mass is 211 g/mol. The summed E-state index contributed by atoms with van der Waals surface area (Å²) in [6, 6.07) is 6.77. The van der Waals surface area contributed by atoms with Crippen molar-refractivity contribution in [2.24, 2.45) is 0 Å². The van der Waals surface area contributed by atoms with E-state index in [0.717, 1.165) is 5.57 Å². The molecule has 0 unspecified atom stereocenters. The van der Waals surface area contributed by atoms with Gasteiger partial charge in [-0.05, 0) is 39.3 Å². The molecule has 0 bridgehead atoms. The number of fused-ring (bicyclic) bond motifs is 1. The Hall–Kier alpha value is -1.43. The largest absolute Gasteiger partial charge is 0.0815 e. The molecule has 1 aromatic carbocycles. The van der Waals surface area contributed by atoms with Crippen LogP contribution in [-0.4, -0.2) is 0 Å². The summed E-state index contributed by atoms with van der Waals surface area (Å²) in [6.45, 7) is 12.9. The maximum Gasteiger partial charge on any atom is 0.0815 e. The van der Waals surface area contributed by atoms with Gasteiger partial charge in [0.15, 0.2) is 0 Å². The van der Waals surface area contributed by atoms with Crippen LogP contribution in [0.3, 0.4) is 0 Å². The van der Waals surface area contributed by atoms with Crippen molar-refractivity contribution in [3.63, 3.8) is 0 Å². The van der Waals surface area contributed by atoms with Crippen LogP contribution in [-0.2, 0) is 0 Å². The summed E-state index contributed by atoms with van der Waals surface area (Å²) in [5, 5.41) is 0. The summed E-state index contributed by atoms with van der Waals surface area (Å²) in [5.41, 5.74) is 7.88. The maximum atomic E-state index is 4.13. The molecule has 0 aliphatic heterocycles. The molecule has 0 saturated carbocycles. The molecule has 1 aliphatic rings. The first-order chi connectivity index (χ1) is 7.50. The number of hydrogen-bond donors (Lipinski definition) is 0. The second-order valence-corrected chi connectivity index (χ2v) is 4.96. The van der Waals surface area contributed by atoms with Crippen molar-refractivity contribution < 1.29 is 0 Å². The minimum atomic E-state index is 0.567. The van der Waals surface area contributed by atoms with Gasteiger partial charge in [0, 0.05) is 29.2 Å². The lowest BCUT2D eigenvalue weighted by atomic mass is 10.0. The average Bonchev–Trinajstić information content (AvgIpc) is 2.39. The van der Waals surface area contributed by atoms with Gasteiger partial charge >= 0.3 is 0 Å². The fourth-order valence-electron chi connectivity index (χ4n) is 2.31. The quantitative estimate of drug-likeness (QED) is 0.584. The van der Waals surface area contributed by atoms with E-state index in [-0.39, 0.29) is 0 Å². The molecule has 1 aliphatic carbocycles. The molecule has 0 spiro atoms. The van der Waals surface area contributed by atoms with E-state index in [1.165, 1.54) is 27.8 Å². The summed E-state index contributed by atoms with van der Waals surface area (Å²) in [7, 11) is 0. The van der Waals surface area contributed by atoms with Crippen molar-refractivity contribution in [1.29, 1.82) is 0 Å². The highest BCUT2D eigenvalue weighted by atomic mass is 14.2. The summed E-state index contributed by atoms with van der Waals surface area (Å²) in [5.74, 6) is 0.567. The van der Waals surface area contributed by atoms with Gasteiger partial charge in [-0.3, -0.25) is 0 Å². The zero-order valence-electron chi connectivity index (χ0n) is 10.6. The Labute approximate surface area is 98.3 Å². The van der Waals surface area contributed by atoms with Gasteiger partial charge in [0.2, 0.25) is 0 Å². The van der Waals surface area contributed by atoms with Crippen LogP contribution < -0.4 is 0 Å². The molecule has 0 radical (unpaired) electrons. The topological polar surface area (TPSA) is 0 Å². The number of allylic oxidation sites excluding steroid dienone is 3. The van der Waals surface area contributed by atoms with E-state index in [2.05, 4.69) is 58.5 Å².